The van der Waals surface area contributed by atoms with E-state index < -0.39 is 5.97 Å². The summed E-state index contributed by atoms with van der Waals surface area (Å²) >= 11 is 1.38. The molecular weight excluding hydrogens is 350 g/mol. The number of aryl methyl sites for hydroxylation is 2. The van der Waals surface area contributed by atoms with Crippen LogP contribution >= 0.6 is 11.8 Å². The van der Waals surface area contributed by atoms with Crippen molar-refractivity contribution in [3.8, 4) is 6.07 Å². The monoisotopic (exact) mass is 367 g/mol. The minimum atomic E-state index is -0.491. The standard InChI is InChI=1S/C19H17N3O3S/c1-4-24-19(23)17-15(13-7-5-6-8-16(13)25-17)10-26-18-14(9-20)11(2)21-12(3)22-18/h5-8H,4,10H2,1-3H3. The number of hydrogen-bond donors (Lipinski definition) is 0. The summed E-state index contributed by atoms with van der Waals surface area (Å²) in [4.78, 5) is 20.9. The summed E-state index contributed by atoms with van der Waals surface area (Å²) in [6, 6.07) is 9.61. The molecule has 2 heterocycles. The lowest BCUT2D eigenvalue weighted by Gasteiger charge is -2.07. The SMILES string of the molecule is CCOC(=O)c1oc2ccccc2c1CSc1nc(C)nc(C)c1C#N. The number of carbonyl (C=O) groups is 1. The highest BCUT2D eigenvalue weighted by Crippen LogP contribution is 2.33. The first-order chi connectivity index (χ1) is 12.5. The van der Waals surface area contributed by atoms with Crippen molar-refractivity contribution < 1.29 is 13.9 Å². The number of nitriles is 1. The third-order valence-electron chi connectivity index (χ3n) is 3.79. The molecule has 6 nitrogen and oxygen atoms in total. The second-order valence-corrected chi connectivity index (χ2v) is 6.53. The minimum absolute atomic E-state index is 0.196. The van der Waals surface area contributed by atoms with Gasteiger partial charge in [-0.1, -0.05) is 18.2 Å². The molecule has 7 heteroatoms. The fraction of sp³-hybridized carbons (Fsp3) is 0.263. The van der Waals surface area contributed by atoms with Crippen LogP contribution in [0, 0.1) is 25.2 Å². The van der Waals surface area contributed by atoms with Crippen LogP contribution in [0.5, 0.6) is 0 Å². The van der Waals surface area contributed by atoms with E-state index in [1.807, 2.05) is 24.3 Å². The summed E-state index contributed by atoms with van der Waals surface area (Å²) in [5.41, 5.74) is 2.46. The van der Waals surface area contributed by atoms with Crippen molar-refractivity contribution in [2.75, 3.05) is 6.61 Å². The quantitative estimate of drug-likeness (QED) is 0.379. The van der Waals surface area contributed by atoms with E-state index in [0.29, 0.717) is 33.4 Å². The van der Waals surface area contributed by atoms with Crippen LogP contribution in [0.1, 0.15) is 40.1 Å². The van der Waals surface area contributed by atoms with Gasteiger partial charge in [-0.15, -0.1) is 11.8 Å². The summed E-state index contributed by atoms with van der Waals surface area (Å²) in [5, 5.41) is 10.8. The normalized spacial score (nSPS) is 10.7. The molecule has 0 bridgehead atoms. The van der Waals surface area contributed by atoms with Crippen molar-refractivity contribution in [3.05, 3.63) is 52.7 Å². The number of para-hydroxylation sites is 1. The van der Waals surface area contributed by atoms with E-state index in [9.17, 15) is 10.1 Å². The van der Waals surface area contributed by atoms with Crippen LogP contribution in [0.15, 0.2) is 33.7 Å². The molecule has 0 unspecified atom stereocenters. The number of aromatic nitrogens is 2. The van der Waals surface area contributed by atoms with E-state index in [4.69, 9.17) is 9.15 Å². The molecule has 0 amide bonds. The van der Waals surface area contributed by atoms with Crippen molar-refractivity contribution in [3.63, 3.8) is 0 Å². The van der Waals surface area contributed by atoms with Gasteiger partial charge in [-0.2, -0.15) is 5.26 Å². The number of benzene rings is 1. The Morgan fingerprint density at radius 3 is 2.81 bits per heavy atom. The number of esters is 1. The first-order valence-corrected chi connectivity index (χ1v) is 9.09. The Labute approximate surface area is 155 Å². The summed E-state index contributed by atoms with van der Waals surface area (Å²) in [6.45, 7) is 5.59. The van der Waals surface area contributed by atoms with E-state index >= 15 is 0 Å². The van der Waals surface area contributed by atoms with Gasteiger partial charge >= 0.3 is 5.97 Å². The van der Waals surface area contributed by atoms with Crippen molar-refractivity contribution >= 4 is 28.7 Å². The van der Waals surface area contributed by atoms with Gasteiger partial charge in [0, 0.05) is 16.7 Å². The molecule has 0 spiro atoms. The highest BCUT2D eigenvalue weighted by Gasteiger charge is 2.22. The molecule has 0 N–H and O–H groups in total. The molecule has 0 saturated heterocycles. The molecule has 0 radical (unpaired) electrons. The molecule has 0 aliphatic heterocycles. The van der Waals surface area contributed by atoms with Gasteiger partial charge in [0.05, 0.1) is 12.3 Å². The molecule has 0 aliphatic rings. The maximum Gasteiger partial charge on any atom is 0.374 e. The van der Waals surface area contributed by atoms with Crippen LogP contribution in [0.2, 0.25) is 0 Å². The van der Waals surface area contributed by atoms with Crippen molar-refractivity contribution in [2.24, 2.45) is 0 Å². The highest BCUT2D eigenvalue weighted by molar-refractivity contribution is 7.98. The van der Waals surface area contributed by atoms with E-state index in [2.05, 4.69) is 16.0 Å². The molecule has 0 saturated carbocycles. The molecule has 132 valence electrons. The molecule has 2 aromatic heterocycles. The van der Waals surface area contributed by atoms with E-state index in [1.165, 1.54) is 11.8 Å². The summed E-state index contributed by atoms with van der Waals surface area (Å²) < 4.78 is 10.8. The van der Waals surface area contributed by atoms with Gasteiger partial charge in [0.15, 0.2) is 0 Å². The number of rotatable bonds is 5. The van der Waals surface area contributed by atoms with Crippen LogP contribution in [0.25, 0.3) is 11.0 Å². The third kappa shape index (κ3) is 3.41. The molecule has 0 aliphatic carbocycles. The average molecular weight is 367 g/mol. The van der Waals surface area contributed by atoms with E-state index in [0.717, 1.165) is 10.9 Å². The fourth-order valence-electron chi connectivity index (χ4n) is 2.66. The predicted octanol–water partition coefficient (Wildman–Crippen LogP) is 4.18. The molecule has 3 rings (SSSR count). The molecule has 0 atom stereocenters. The van der Waals surface area contributed by atoms with Crippen LogP contribution in [-0.2, 0) is 10.5 Å². The second-order valence-electron chi connectivity index (χ2n) is 5.56. The van der Waals surface area contributed by atoms with E-state index in [1.54, 1.807) is 20.8 Å². The number of fused-ring (bicyclic) bond motifs is 1. The number of ether oxygens (including phenoxy) is 1. The van der Waals surface area contributed by atoms with Gasteiger partial charge in [0.25, 0.3) is 0 Å². The minimum Gasteiger partial charge on any atom is -0.460 e. The zero-order valence-corrected chi connectivity index (χ0v) is 15.5. The Balaban J connectivity index is 2.00. The van der Waals surface area contributed by atoms with Gasteiger partial charge in [0.1, 0.15) is 28.1 Å². The van der Waals surface area contributed by atoms with Gasteiger partial charge in [0.2, 0.25) is 5.76 Å². The smallest absolute Gasteiger partial charge is 0.374 e. The zero-order valence-electron chi connectivity index (χ0n) is 14.7. The third-order valence-corrected chi connectivity index (χ3v) is 4.79. The summed E-state index contributed by atoms with van der Waals surface area (Å²) in [6.07, 6.45) is 0. The van der Waals surface area contributed by atoms with Crippen LogP contribution in [-0.4, -0.2) is 22.5 Å². The number of furan rings is 1. The van der Waals surface area contributed by atoms with Crippen molar-refractivity contribution in [1.82, 2.24) is 9.97 Å². The Kier molecular flexibility index (Phi) is 5.24. The number of carbonyl (C=O) groups excluding carboxylic acids is 1. The lowest BCUT2D eigenvalue weighted by Crippen LogP contribution is -2.06. The van der Waals surface area contributed by atoms with Crippen LogP contribution in [0.4, 0.5) is 0 Å². The zero-order chi connectivity index (χ0) is 18.7. The molecule has 1 aromatic carbocycles. The largest absolute Gasteiger partial charge is 0.460 e. The van der Waals surface area contributed by atoms with Gasteiger partial charge in [-0.3, -0.25) is 0 Å². The maximum absolute atomic E-state index is 12.3. The van der Waals surface area contributed by atoms with Gasteiger partial charge in [-0.05, 0) is 26.8 Å². The average Bonchev–Trinajstić information content (AvgIpc) is 2.98. The summed E-state index contributed by atoms with van der Waals surface area (Å²) in [7, 11) is 0. The number of thioether (sulfide) groups is 1. The lowest BCUT2D eigenvalue weighted by atomic mass is 10.1. The Hall–Kier alpha value is -2.85. The van der Waals surface area contributed by atoms with Crippen LogP contribution < -0.4 is 0 Å². The topological polar surface area (TPSA) is 89.0 Å². The summed E-state index contributed by atoms with van der Waals surface area (Å²) in [5.74, 6) is 0.735. The number of hydrogen-bond acceptors (Lipinski definition) is 7. The number of nitrogens with zero attached hydrogens (tertiary/aromatic N) is 3. The molecule has 0 fully saturated rings. The Bertz CT molecular complexity index is 1020. The van der Waals surface area contributed by atoms with Crippen LogP contribution in [0.3, 0.4) is 0 Å². The first kappa shape index (κ1) is 18.0. The van der Waals surface area contributed by atoms with Crippen molar-refractivity contribution in [1.29, 1.82) is 5.26 Å². The Morgan fingerprint density at radius 1 is 1.31 bits per heavy atom. The Morgan fingerprint density at radius 2 is 2.08 bits per heavy atom. The van der Waals surface area contributed by atoms with Crippen molar-refractivity contribution in [2.45, 2.75) is 31.6 Å². The predicted molar refractivity (Wildman–Crippen MR) is 98.0 cm³/mol. The highest BCUT2D eigenvalue weighted by atomic mass is 32.2. The molecule has 26 heavy (non-hydrogen) atoms. The maximum atomic E-state index is 12.3. The lowest BCUT2D eigenvalue weighted by molar-refractivity contribution is 0.0491. The molecule has 3 aromatic rings. The van der Waals surface area contributed by atoms with Gasteiger partial charge in [-0.25, -0.2) is 14.8 Å². The molecular formula is C19H17N3O3S. The fourth-order valence-corrected chi connectivity index (χ4v) is 3.76. The first-order valence-electron chi connectivity index (χ1n) is 8.10. The van der Waals surface area contributed by atoms with Gasteiger partial charge < -0.3 is 9.15 Å². The van der Waals surface area contributed by atoms with E-state index in [-0.39, 0.29) is 12.4 Å². The second kappa shape index (κ2) is 7.58.